The van der Waals surface area contributed by atoms with E-state index in [1.54, 1.807) is 6.08 Å². The van der Waals surface area contributed by atoms with E-state index in [-0.39, 0.29) is 24.0 Å². The second-order valence-corrected chi connectivity index (χ2v) is 4.20. The summed E-state index contributed by atoms with van der Waals surface area (Å²) in [4.78, 5) is 4.39. The van der Waals surface area contributed by atoms with Crippen molar-refractivity contribution in [2.45, 2.75) is 25.4 Å². The minimum Gasteiger partial charge on any atom is -0.388 e. The molecular formula is C12H24IN3O2. The Morgan fingerprint density at radius 2 is 2.11 bits per heavy atom. The summed E-state index contributed by atoms with van der Waals surface area (Å²) in [5, 5.41) is 16.5. The third kappa shape index (κ3) is 6.55. The molecule has 1 rings (SSSR count). The molecule has 1 aliphatic heterocycles. The van der Waals surface area contributed by atoms with Crippen LogP contribution in [0.5, 0.6) is 0 Å². The molecule has 1 aliphatic rings. The van der Waals surface area contributed by atoms with Crippen molar-refractivity contribution >= 4 is 29.9 Å². The summed E-state index contributed by atoms with van der Waals surface area (Å²) in [7, 11) is 0. The average Bonchev–Trinajstić information content (AvgIpc) is 2.34. The Balaban J connectivity index is 0.00000289. The molecule has 3 N–H and O–H groups in total. The first-order valence-corrected chi connectivity index (χ1v) is 6.13. The van der Waals surface area contributed by atoms with Gasteiger partial charge in [-0.05, 0) is 6.92 Å². The van der Waals surface area contributed by atoms with Gasteiger partial charge >= 0.3 is 0 Å². The lowest BCUT2D eigenvalue weighted by atomic mass is 9.95. The van der Waals surface area contributed by atoms with Crippen molar-refractivity contribution < 1.29 is 9.84 Å². The van der Waals surface area contributed by atoms with Gasteiger partial charge in [0.1, 0.15) is 0 Å². The Kier molecular flexibility index (Phi) is 9.39. The summed E-state index contributed by atoms with van der Waals surface area (Å²) in [6, 6.07) is 0. The zero-order chi connectivity index (χ0) is 12.6. The fraction of sp³-hybridized carbons (Fsp3) is 0.750. The molecule has 106 valence electrons. The van der Waals surface area contributed by atoms with Gasteiger partial charge in [0.25, 0.3) is 0 Å². The third-order valence-corrected chi connectivity index (χ3v) is 2.71. The number of rotatable bonds is 5. The zero-order valence-corrected chi connectivity index (χ0v) is 13.3. The van der Waals surface area contributed by atoms with Crippen LogP contribution in [0.1, 0.15) is 19.8 Å². The van der Waals surface area contributed by atoms with E-state index in [0.717, 1.165) is 6.54 Å². The van der Waals surface area contributed by atoms with Crippen LogP contribution in [0.25, 0.3) is 0 Å². The van der Waals surface area contributed by atoms with Gasteiger partial charge in [0.15, 0.2) is 5.96 Å². The monoisotopic (exact) mass is 369 g/mol. The Hall–Kier alpha value is -0.340. The second kappa shape index (κ2) is 9.57. The van der Waals surface area contributed by atoms with Crippen molar-refractivity contribution in [1.29, 1.82) is 0 Å². The van der Waals surface area contributed by atoms with Crippen molar-refractivity contribution in [3.8, 4) is 0 Å². The molecule has 0 amide bonds. The standard InChI is InChI=1S/C12H23N3O2.HI/c1-3-7-14-11(13-4-2)15-10-12(16)5-8-17-9-6-12;/h3,16H,1,4-10H2,2H3,(H2,13,14,15);1H. The normalized spacial score (nSPS) is 18.7. The van der Waals surface area contributed by atoms with Gasteiger partial charge < -0.3 is 20.5 Å². The highest BCUT2D eigenvalue weighted by atomic mass is 127. The first kappa shape index (κ1) is 17.7. The summed E-state index contributed by atoms with van der Waals surface area (Å²) in [5.41, 5.74) is -0.714. The topological polar surface area (TPSA) is 65.9 Å². The Morgan fingerprint density at radius 3 is 2.67 bits per heavy atom. The lowest BCUT2D eigenvalue weighted by Gasteiger charge is -2.30. The molecule has 0 aliphatic carbocycles. The lowest BCUT2D eigenvalue weighted by Crippen LogP contribution is -2.42. The van der Waals surface area contributed by atoms with E-state index in [0.29, 0.717) is 45.1 Å². The maximum atomic E-state index is 10.3. The predicted octanol–water partition coefficient (Wildman–Crippen LogP) is 0.887. The van der Waals surface area contributed by atoms with E-state index in [9.17, 15) is 5.11 Å². The molecule has 6 heteroatoms. The van der Waals surface area contributed by atoms with Crippen LogP contribution in [-0.2, 0) is 4.74 Å². The van der Waals surface area contributed by atoms with Gasteiger partial charge in [0.05, 0.1) is 12.1 Å². The van der Waals surface area contributed by atoms with Gasteiger partial charge in [-0.2, -0.15) is 0 Å². The highest BCUT2D eigenvalue weighted by molar-refractivity contribution is 14.0. The molecule has 0 saturated carbocycles. The highest BCUT2D eigenvalue weighted by Crippen LogP contribution is 2.20. The number of halogens is 1. The number of aliphatic imine (C=N–C) groups is 1. The second-order valence-electron chi connectivity index (χ2n) is 4.20. The van der Waals surface area contributed by atoms with Crippen molar-refractivity contribution in [3.05, 3.63) is 12.7 Å². The summed E-state index contributed by atoms with van der Waals surface area (Å²) in [5.74, 6) is 0.715. The number of ether oxygens (including phenoxy) is 1. The quantitative estimate of drug-likeness (QED) is 0.292. The largest absolute Gasteiger partial charge is 0.388 e. The maximum absolute atomic E-state index is 10.3. The van der Waals surface area contributed by atoms with Crippen LogP contribution < -0.4 is 10.6 Å². The van der Waals surface area contributed by atoms with E-state index >= 15 is 0 Å². The molecule has 0 bridgehead atoms. The number of guanidine groups is 1. The zero-order valence-electron chi connectivity index (χ0n) is 10.9. The van der Waals surface area contributed by atoms with Gasteiger partial charge in [-0.15, -0.1) is 30.6 Å². The Labute approximate surface area is 126 Å². The van der Waals surface area contributed by atoms with Gasteiger partial charge in [0.2, 0.25) is 0 Å². The lowest BCUT2D eigenvalue weighted by molar-refractivity contribution is -0.0565. The van der Waals surface area contributed by atoms with Gasteiger partial charge in [-0.25, -0.2) is 0 Å². The van der Waals surface area contributed by atoms with E-state index in [2.05, 4.69) is 22.2 Å². The van der Waals surface area contributed by atoms with Gasteiger partial charge in [-0.1, -0.05) is 6.08 Å². The minimum absolute atomic E-state index is 0. The Morgan fingerprint density at radius 1 is 1.44 bits per heavy atom. The number of hydrogen-bond donors (Lipinski definition) is 3. The summed E-state index contributed by atoms with van der Waals surface area (Å²) >= 11 is 0. The first-order chi connectivity index (χ1) is 8.20. The predicted molar refractivity (Wildman–Crippen MR) is 84.6 cm³/mol. The number of aliphatic hydroxyl groups is 1. The van der Waals surface area contributed by atoms with E-state index in [4.69, 9.17) is 4.74 Å². The molecule has 18 heavy (non-hydrogen) atoms. The fourth-order valence-electron chi connectivity index (χ4n) is 1.65. The molecule has 0 radical (unpaired) electrons. The molecule has 0 aromatic carbocycles. The van der Waals surface area contributed by atoms with Crippen LogP contribution in [0.15, 0.2) is 17.6 Å². The fourth-order valence-corrected chi connectivity index (χ4v) is 1.65. The van der Waals surface area contributed by atoms with Crippen LogP contribution in [-0.4, -0.2) is 49.5 Å². The summed E-state index contributed by atoms with van der Waals surface area (Å²) < 4.78 is 5.23. The molecule has 0 aromatic heterocycles. The molecule has 0 atom stereocenters. The molecule has 0 unspecified atom stereocenters. The third-order valence-electron chi connectivity index (χ3n) is 2.71. The number of nitrogens with one attached hydrogen (secondary N) is 2. The molecular weight excluding hydrogens is 345 g/mol. The summed E-state index contributed by atoms with van der Waals surface area (Å²) in [6.45, 7) is 8.74. The van der Waals surface area contributed by atoms with Crippen LogP contribution in [0.2, 0.25) is 0 Å². The number of hydrogen-bond acceptors (Lipinski definition) is 3. The highest BCUT2D eigenvalue weighted by Gasteiger charge is 2.29. The maximum Gasteiger partial charge on any atom is 0.191 e. The van der Waals surface area contributed by atoms with E-state index in [1.807, 2.05) is 6.92 Å². The average molecular weight is 369 g/mol. The molecule has 1 fully saturated rings. The molecule has 1 saturated heterocycles. The SMILES string of the molecule is C=CCNC(=NCC1(O)CCOCC1)NCC.I. The molecule has 5 nitrogen and oxygen atoms in total. The first-order valence-electron chi connectivity index (χ1n) is 6.13. The minimum atomic E-state index is -0.714. The van der Waals surface area contributed by atoms with Crippen molar-refractivity contribution in [3.63, 3.8) is 0 Å². The van der Waals surface area contributed by atoms with Crippen molar-refractivity contribution in [2.75, 3.05) is 32.8 Å². The molecule has 1 heterocycles. The Bertz CT molecular complexity index is 266. The number of nitrogens with zero attached hydrogens (tertiary/aromatic N) is 1. The van der Waals surface area contributed by atoms with Gasteiger partial charge in [-0.3, -0.25) is 4.99 Å². The van der Waals surface area contributed by atoms with Crippen molar-refractivity contribution in [2.24, 2.45) is 4.99 Å². The summed E-state index contributed by atoms with van der Waals surface area (Å²) in [6.07, 6.45) is 3.07. The smallest absolute Gasteiger partial charge is 0.191 e. The van der Waals surface area contributed by atoms with Crippen LogP contribution in [0.4, 0.5) is 0 Å². The van der Waals surface area contributed by atoms with Gasteiger partial charge in [0, 0.05) is 39.1 Å². The van der Waals surface area contributed by atoms with E-state index in [1.165, 1.54) is 0 Å². The van der Waals surface area contributed by atoms with E-state index < -0.39 is 5.60 Å². The van der Waals surface area contributed by atoms with Crippen molar-refractivity contribution in [1.82, 2.24) is 10.6 Å². The molecule has 0 spiro atoms. The van der Waals surface area contributed by atoms with Crippen LogP contribution in [0.3, 0.4) is 0 Å². The van der Waals surface area contributed by atoms with Crippen LogP contribution in [0, 0.1) is 0 Å². The molecule has 0 aromatic rings. The van der Waals surface area contributed by atoms with Crippen LogP contribution >= 0.6 is 24.0 Å².